The lowest BCUT2D eigenvalue weighted by atomic mass is 9.70. The maximum Gasteiger partial charge on any atom is 0.362 e. The number of esters is 1. The third-order valence-electron chi connectivity index (χ3n) is 7.05. The molecular formula is C17H30INO3. The molecule has 0 aromatic rings. The van der Waals surface area contributed by atoms with Crippen molar-refractivity contribution in [3.8, 4) is 0 Å². The molecule has 0 aromatic heterocycles. The lowest BCUT2D eigenvalue weighted by Gasteiger charge is -2.40. The summed E-state index contributed by atoms with van der Waals surface area (Å²) in [7, 11) is 2.14. The molecule has 0 N–H and O–H groups in total. The molecule has 0 amide bonds. The van der Waals surface area contributed by atoms with E-state index in [9.17, 15) is 4.79 Å². The zero-order chi connectivity index (χ0) is 15.3. The van der Waals surface area contributed by atoms with Crippen LogP contribution in [0.25, 0.3) is 0 Å². The summed E-state index contributed by atoms with van der Waals surface area (Å²) >= 11 is 0. The number of hydrogen-bond donors (Lipinski definition) is 0. The third-order valence-corrected chi connectivity index (χ3v) is 7.05. The Morgan fingerprint density at radius 2 is 1.91 bits per heavy atom. The number of nitrogens with zero attached hydrogens (tertiary/aromatic N) is 1. The van der Waals surface area contributed by atoms with Crippen LogP contribution >= 0.6 is 0 Å². The molecule has 3 aliphatic rings. The van der Waals surface area contributed by atoms with E-state index < -0.39 is 0 Å². The van der Waals surface area contributed by atoms with E-state index in [-0.39, 0.29) is 41.5 Å². The second-order valence-corrected chi connectivity index (χ2v) is 8.43. The van der Waals surface area contributed by atoms with Gasteiger partial charge in [-0.05, 0) is 30.6 Å². The fourth-order valence-corrected chi connectivity index (χ4v) is 4.76. The summed E-state index contributed by atoms with van der Waals surface area (Å²) in [6.45, 7) is 10.8. The molecule has 1 heterocycles. The lowest BCUT2D eigenvalue weighted by Crippen LogP contribution is -3.00. The number of carbonyl (C=O) groups excluding carboxylic acids is 1. The van der Waals surface area contributed by atoms with E-state index in [0.29, 0.717) is 17.9 Å². The van der Waals surface area contributed by atoms with Crippen molar-refractivity contribution >= 4 is 5.97 Å². The first-order chi connectivity index (χ1) is 9.77. The fraction of sp³-hybridized carbons (Fsp3) is 0.941. The molecule has 1 saturated heterocycles. The lowest BCUT2D eigenvalue weighted by molar-refractivity contribution is -0.910. The molecule has 0 radical (unpaired) electrons. The highest BCUT2D eigenvalue weighted by molar-refractivity contribution is 5.71. The molecule has 3 fully saturated rings. The normalized spacial score (nSPS) is 38.4. The Labute approximate surface area is 151 Å². The molecule has 22 heavy (non-hydrogen) atoms. The van der Waals surface area contributed by atoms with Crippen molar-refractivity contribution < 1.29 is 42.7 Å². The van der Waals surface area contributed by atoms with E-state index in [0.717, 1.165) is 37.2 Å². The van der Waals surface area contributed by atoms with Crippen LogP contribution in [0.3, 0.4) is 0 Å². The van der Waals surface area contributed by atoms with Gasteiger partial charge in [-0.3, -0.25) is 0 Å². The molecule has 5 heteroatoms. The Hall–Kier alpha value is 0.120. The van der Waals surface area contributed by atoms with Crippen molar-refractivity contribution in [1.82, 2.24) is 0 Å². The molecule has 2 aliphatic carbocycles. The van der Waals surface area contributed by atoms with E-state index in [1.807, 2.05) is 0 Å². The Balaban J connectivity index is 0.00000176. The Morgan fingerprint density at radius 3 is 2.41 bits per heavy atom. The van der Waals surface area contributed by atoms with Gasteiger partial charge in [-0.15, -0.1) is 0 Å². The maximum absolute atomic E-state index is 12.4. The van der Waals surface area contributed by atoms with Gasteiger partial charge in [0.25, 0.3) is 0 Å². The number of ether oxygens (including phenoxy) is 2. The molecule has 128 valence electrons. The molecular weight excluding hydrogens is 393 g/mol. The third kappa shape index (κ3) is 2.93. The van der Waals surface area contributed by atoms with Crippen LogP contribution < -0.4 is 24.0 Å². The monoisotopic (exact) mass is 423 g/mol. The summed E-state index contributed by atoms with van der Waals surface area (Å²) in [4.78, 5) is 12.4. The first-order valence-corrected chi connectivity index (χ1v) is 8.38. The number of morpholine rings is 1. The molecule has 3 rings (SSSR count). The Bertz CT molecular complexity index is 434. The molecule has 3 atom stereocenters. The highest BCUT2D eigenvalue weighted by Gasteiger charge is 2.63. The number of carbonyl (C=O) groups is 1. The second kappa shape index (κ2) is 6.20. The zero-order valence-corrected chi connectivity index (χ0v) is 16.5. The van der Waals surface area contributed by atoms with Gasteiger partial charge in [-0.1, -0.05) is 20.8 Å². The topological polar surface area (TPSA) is 35.5 Å². The van der Waals surface area contributed by atoms with Crippen molar-refractivity contribution in [2.45, 2.75) is 46.1 Å². The molecule has 4 nitrogen and oxygen atoms in total. The predicted octanol–water partition coefficient (Wildman–Crippen LogP) is -0.775. The Kier molecular flexibility index (Phi) is 5.21. The van der Waals surface area contributed by atoms with E-state index in [4.69, 9.17) is 9.47 Å². The van der Waals surface area contributed by atoms with Crippen molar-refractivity contribution in [2.24, 2.45) is 16.7 Å². The molecule has 0 unspecified atom stereocenters. The second-order valence-electron chi connectivity index (χ2n) is 8.43. The van der Waals surface area contributed by atoms with Crippen LogP contribution in [0.15, 0.2) is 0 Å². The predicted molar refractivity (Wildman–Crippen MR) is 80.7 cm³/mol. The van der Waals surface area contributed by atoms with Crippen LogP contribution in [-0.2, 0) is 14.3 Å². The number of hydrogen-bond acceptors (Lipinski definition) is 3. The van der Waals surface area contributed by atoms with E-state index in [2.05, 4.69) is 27.8 Å². The van der Waals surface area contributed by atoms with E-state index >= 15 is 0 Å². The summed E-state index contributed by atoms with van der Waals surface area (Å²) in [5.41, 5.74) is 0.465. The van der Waals surface area contributed by atoms with Gasteiger partial charge in [-0.2, -0.15) is 0 Å². The van der Waals surface area contributed by atoms with Gasteiger partial charge in [0, 0.05) is 5.41 Å². The number of fused-ring (bicyclic) bond motifs is 2. The van der Waals surface area contributed by atoms with Gasteiger partial charge >= 0.3 is 5.97 Å². The summed E-state index contributed by atoms with van der Waals surface area (Å²) in [6, 6.07) is 0. The van der Waals surface area contributed by atoms with Crippen molar-refractivity contribution in [1.29, 1.82) is 0 Å². The van der Waals surface area contributed by atoms with Gasteiger partial charge < -0.3 is 37.9 Å². The van der Waals surface area contributed by atoms with E-state index in [1.165, 1.54) is 12.8 Å². The number of rotatable bonds is 3. The van der Waals surface area contributed by atoms with E-state index in [1.54, 1.807) is 0 Å². The summed E-state index contributed by atoms with van der Waals surface area (Å²) in [5, 5.41) is 0. The minimum absolute atomic E-state index is 0. The highest BCUT2D eigenvalue weighted by atomic mass is 127. The van der Waals surface area contributed by atoms with Gasteiger partial charge in [0.05, 0.1) is 20.3 Å². The fourth-order valence-electron chi connectivity index (χ4n) is 4.76. The quantitative estimate of drug-likeness (QED) is 0.340. The smallest absolute Gasteiger partial charge is 0.362 e. The standard InChI is InChI=1S/C17H30NO3.HI/c1-16(2)13-5-6-17(16,3)14(11-13)21-15(19)12-18(4)7-9-20-10-8-18;/h13-14H,5-12H2,1-4H3;1H/q+1;/p-1/t13-,14-,17+;/m0./s1. The largest absolute Gasteiger partial charge is 1.00 e. The first kappa shape index (κ1) is 18.5. The van der Waals surface area contributed by atoms with Gasteiger partial charge in [-0.25, -0.2) is 4.79 Å². The first-order valence-electron chi connectivity index (χ1n) is 8.38. The van der Waals surface area contributed by atoms with Crippen molar-refractivity contribution in [3.63, 3.8) is 0 Å². The van der Waals surface area contributed by atoms with Crippen LogP contribution in [0.5, 0.6) is 0 Å². The SMILES string of the molecule is CC1(C)[C@H]2CC[C@]1(C)[C@@H](OC(=O)C[N+]1(C)CCOCC1)C2.[I-]. The highest BCUT2D eigenvalue weighted by Crippen LogP contribution is 2.66. The number of quaternary nitrogens is 1. The summed E-state index contributed by atoms with van der Waals surface area (Å²) < 4.78 is 12.1. The van der Waals surface area contributed by atoms with Crippen LogP contribution in [0, 0.1) is 16.7 Å². The Morgan fingerprint density at radius 1 is 1.27 bits per heavy atom. The van der Waals surface area contributed by atoms with Gasteiger partial charge in [0.15, 0.2) is 6.54 Å². The van der Waals surface area contributed by atoms with Crippen LogP contribution in [0.4, 0.5) is 0 Å². The summed E-state index contributed by atoms with van der Waals surface area (Å²) in [5.74, 6) is 0.697. The zero-order valence-electron chi connectivity index (χ0n) is 14.4. The van der Waals surface area contributed by atoms with Crippen LogP contribution in [0.1, 0.15) is 40.0 Å². The van der Waals surface area contributed by atoms with Crippen molar-refractivity contribution in [2.75, 3.05) is 39.9 Å². The minimum Gasteiger partial charge on any atom is -1.00 e. The number of likely N-dealkylation sites (N-methyl/N-ethyl adjacent to an activating group) is 1. The number of halogens is 1. The van der Waals surface area contributed by atoms with Crippen LogP contribution in [-0.4, -0.2) is 56.5 Å². The maximum atomic E-state index is 12.4. The average molecular weight is 423 g/mol. The average Bonchev–Trinajstić information content (AvgIpc) is 2.72. The summed E-state index contributed by atoms with van der Waals surface area (Å²) in [6.07, 6.45) is 3.67. The molecule has 0 aromatic carbocycles. The molecule has 2 saturated carbocycles. The van der Waals surface area contributed by atoms with Gasteiger partial charge in [0.2, 0.25) is 0 Å². The van der Waals surface area contributed by atoms with Crippen molar-refractivity contribution in [3.05, 3.63) is 0 Å². The minimum atomic E-state index is -0.0195. The van der Waals surface area contributed by atoms with Gasteiger partial charge in [0.1, 0.15) is 19.2 Å². The molecule has 0 spiro atoms. The molecule has 2 bridgehead atoms. The van der Waals surface area contributed by atoms with Crippen LogP contribution in [0.2, 0.25) is 0 Å². The molecule has 1 aliphatic heterocycles.